The lowest BCUT2D eigenvalue weighted by atomic mass is 10.4. The van der Waals surface area contributed by atoms with Crippen molar-refractivity contribution in [3.63, 3.8) is 0 Å². The smallest absolute Gasteiger partial charge is 0.134 e. The number of anilines is 1. The summed E-state index contributed by atoms with van der Waals surface area (Å²) in [5.41, 5.74) is 0. The fraction of sp³-hybridized carbons (Fsp3) is 0.636. The molecule has 0 saturated heterocycles. The van der Waals surface area contributed by atoms with Gasteiger partial charge in [0.2, 0.25) is 0 Å². The van der Waals surface area contributed by atoms with Gasteiger partial charge in [-0.05, 0) is 13.3 Å². The highest BCUT2D eigenvalue weighted by molar-refractivity contribution is 6.29. The van der Waals surface area contributed by atoms with E-state index in [9.17, 15) is 0 Å². The van der Waals surface area contributed by atoms with Crippen LogP contribution in [0.4, 0.5) is 5.82 Å². The predicted octanol–water partition coefficient (Wildman–Crippen LogP) is 2.53. The highest BCUT2D eigenvalue weighted by Crippen LogP contribution is 2.11. The summed E-state index contributed by atoms with van der Waals surface area (Å²) in [5.74, 6) is 1.55. The van der Waals surface area contributed by atoms with Crippen molar-refractivity contribution >= 4 is 17.4 Å². The zero-order valence-electron chi connectivity index (χ0n) is 9.79. The van der Waals surface area contributed by atoms with E-state index < -0.39 is 0 Å². The first kappa shape index (κ1) is 13.2. The minimum atomic E-state index is 0.485. The van der Waals surface area contributed by atoms with Crippen LogP contribution in [0, 0.1) is 0 Å². The molecule has 4 nitrogen and oxygen atoms in total. The molecule has 1 aromatic heterocycles. The molecule has 5 heteroatoms. The number of rotatable bonds is 7. The Kier molecular flexibility index (Phi) is 6.11. The van der Waals surface area contributed by atoms with E-state index in [1.165, 1.54) is 0 Å². The molecule has 1 heterocycles. The van der Waals surface area contributed by atoms with Crippen molar-refractivity contribution in [1.82, 2.24) is 9.97 Å². The quantitative estimate of drug-likeness (QED) is 0.591. The third kappa shape index (κ3) is 4.77. The summed E-state index contributed by atoms with van der Waals surface area (Å²) < 4.78 is 5.24. The van der Waals surface area contributed by atoms with Crippen LogP contribution in [-0.2, 0) is 11.2 Å². The Morgan fingerprint density at radius 3 is 2.88 bits per heavy atom. The van der Waals surface area contributed by atoms with E-state index in [-0.39, 0.29) is 0 Å². The Labute approximate surface area is 101 Å². The van der Waals surface area contributed by atoms with Gasteiger partial charge in [-0.1, -0.05) is 18.5 Å². The molecule has 0 fully saturated rings. The average molecular weight is 244 g/mol. The molecule has 0 aliphatic heterocycles. The van der Waals surface area contributed by atoms with Gasteiger partial charge in [0.05, 0.1) is 0 Å². The summed E-state index contributed by atoms with van der Waals surface area (Å²) in [4.78, 5) is 8.42. The highest BCUT2D eigenvalue weighted by Gasteiger charge is 2.00. The van der Waals surface area contributed by atoms with Crippen LogP contribution in [0.1, 0.15) is 26.1 Å². The molecule has 0 bridgehead atoms. The Bertz CT molecular complexity index is 320. The maximum Gasteiger partial charge on any atom is 0.134 e. The minimum absolute atomic E-state index is 0.485. The Balaban J connectivity index is 2.38. The molecule has 1 rings (SSSR count). The van der Waals surface area contributed by atoms with Crippen molar-refractivity contribution in [2.45, 2.75) is 26.7 Å². The van der Waals surface area contributed by atoms with Crippen molar-refractivity contribution in [2.75, 3.05) is 25.1 Å². The summed E-state index contributed by atoms with van der Waals surface area (Å²) in [7, 11) is 0. The number of ether oxygens (including phenoxy) is 1. The summed E-state index contributed by atoms with van der Waals surface area (Å²) in [6.07, 6.45) is 1.74. The summed E-state index contributed by atoms with van der Waals surface area (Å²) >= 11 is 5.88. The third-order valence-electron chi connectivity index (χ3n) is 2.03. The van der Waals surface area contributed by atoms with Crippen molar-refractivity contribution in [3.8, 4) is 0 Å². The topological polar surface area (TPSA) is 47.0 Å². The normalized spacial score (nSPS) is 10.4. The lowest BCUT2D eigenvalue weighted by Crippen LogP contribution is -2.08. The van der Waals surface area contributed by atoms with Gasteiger partial charge in [0.25, 0.3) is 0 Å². The van der Waals surface area contributed by atoms with E-state index >= 15 is 0 Å². The SMILES string of the molecule is CCOCCCNc1cc(Cl)nc(CC)n1. The van der Waals surface area contributed by atoms with E-state index in [1.807, 2.05) is 13.8 Å². The van der Waals surface area contributed by atoms with Gasteiger partial charge >= 0.3 is 0 Å². The zero-order chi connectivity index (χ0) is 11.8. The molecule has 0 saturated carbocycles. The molecule has 0 atom stereocenters. The van der Waals surface area contributed by atoms with Crippen LogP contribution in [0.2, 0.25) is 5.15 Å². The lowest BCUT2D eigenvalue weighted by molar-refractivity contribution is 0.147. The van der Waals surface area contributed by atoms with Gasteiger partial charge in [-0.15, -0.1) is 0 Å². The summed E-state index contributed by atoms with van der Waals surface area (Å²) in [6.45, 7) is 6.36. The number of aromatic nitrogens is 2. The second-order valence-corrected chi connectivity index (χ2v) is 3.71. The van der Waals surface area contributed by atoms with Gasteiger partial charge in [0, 0.05) is 32.2 Å². The predicted molar refractivity (Wildman–Crippen MR) is 66.0 cm³/mol. The Morgan fingerprint density at radius 1 is 1.38 bits per heavy atom. The van der Waals surface area contributed by atoms with E-state index in [1.54, 1.807) is 6.07 Å². The Hall–Kier alpha value is -0.870. The maximum absolute atomic E-state index is 5.88. The zero-order valence-corrected chi connectivity index (χ0v) is 10.5. The molecule has 1 N–H and O–H groups in total. The number of aryl methyl sites for hydroxylation is 1. The van der Waals surface area contributed by atoms with E-state index in [0.717, 1.165) is 44.2 Å². The second-order valence-electron chi connectivity index (χ2n) is 3.32. The second kappa shape index (κ2) is 7.41. The van der Waals surface area contributed by atoms with Crippen LogP contribution in [0.3, 0.4) is 0 Å². The van der Waals surface area contributed by atoms with Crippen LogP contribution >= 0.6 is 11.6 Å². The third-order valence-corrected chi connectivity index (χ3v) is 2.23. The lowest BCUT2D eigenvalue weighted by Gasteiger charge is -2.07. The van der Waals surface area contributed by atoms with Crippen molar-refractivity contribution < 1.29 is 4.74 Å². The monoisotopic (exact) mass is 243 g/mol. The standard InChI is InChI=1S/C11H18ClN3O/c1-3-10-14-9(12)8-11(15-10)13-6-5-7-16-4-2/h8H,3-7H2,1-2H3,(H,13,14,15). The number of hydrogen-bond donors (Lipinski definition) is 1. The molecular formula is C11H18ClN3O. The number of nitrogens with zero attached hydrogens (tertiary/aromatic N) is 2. The fourth-order valence-electron chi connectivity index (χ4n) is 1.25. The first-order valence-electron chi connectivity index (χ1n) is 5.61. The van der Waals surface area contributed by atoms with Crippen LogP contribution in [-0.4, -0.2) is 29.7 Å². The van der Waals surface area contributed by atoms with Crippen molar-refractivity contribution in [2.24, 2.45) is 0 Å². The molecule has 1 aromatic rings. The number of halogens is 1. The van der Waals surface area contributed by atoms with Gasteiger partial charge in [-0.2, -0.15) is 0 Å². The molecule has 0 aliphatic carbocycles. The van der Waals surface area contributed by atoms with Crippen LogP contribution < -0.4 is 5.32 Å². The summed E-state index contributed by atoms with van der Waals surface area (Å²) in [6, 6.07) is 1.74. The number of hydrogen-bond acceptors (Lipinski definition) is 4. The van der Waals surface area contributed by atoms with Crippen LogP contribution in [0.25, 0.3) is 0 Å². The number of nitrogens with one attached hydrogen (secondary N) is 1. The molecule has 16 heavy (non-hydrogen) atoms. The molecular weight excluding hydrogens is 226 g/mol. The molecule has 0 amide bonds. The highest BCUT2D eigenvalue weighted by atomic mass is 35.5. The largest absolute Gasteiger partial charge is 0.382 e. The summed E-state index contributed by atoms with van der Waals surface area (Å²) in [5, 5.41) is 3.69. The first-order valence-corrected chi connectivity index (χ1v) is 5.99. The van der Waals surface area contributed by atoms with E-state index in [2.05, 4.69) is 15.3 Å². The maximum atomic E-state index is 5.88. The Morgan fingerprint density at radius 2 is 2.19 bits per heavy atom. The van der Waals surface area contributed by atoms with Gasteiger partial charge in [0.1, 0.15) is 16.8 Å². The van der Waals surface area contributed by atoms with Crippen LogP contribution in [0.15, 0.2) is 6.07 Å². The molecule has 0 radical (unpaired) electrons. The van der Waals surface area contributed by atoms with Gasteiger partial charge in [-0.3, -0.25) is 0 Å². The minimum Gasteiger partial charge on any atom is -0.382 e. The fourth-order valence-corrected chi connectivity index (χ4v) is 1.45. The molecule has 90 valence electrons. The van der Waals surface area contributed by atoms with Gasteiger partial charge in [0.15, 0.2) is 0 Å². The van der Waals surface area contributed by atoms with Gasteiger partial charge in [-0.25, -0.2) is 9.97 Å². The molecule has 0 unspecified atom stereocenters. The van der Waals surface area contributed by atoms with E-state index in [4.69, 9.17) is 16.3 Å². The molecule has 0 aliphatic rings. The van der Waals surface area contributed by atoms with E-state index in [0.29, 0.717) is 5.15 Å². The van der Waals surface area contributed by atoms with Crippen LogP contribution in [0.5, 0.6) is 0 Å². The van der Waals surface area contributed by atoms with Crippen molar-refractivity contribution in [1.29, 1.82) is 0 Å². The first-order chi connectivity index (χ1) is 7.76. The molecule has 0 aromatic carbocycles. The van der Waals surface area contributed by atoms with Crippen molar-refractivity contribution in [3.05, 3.63) is 17.0 Å². The van der Waals surface area contributed by atoms with Gasteiger partial charge < -0.3 is 10.1 Å². The molecule has 0 spiro atoms. The average Bonchev–Trinajstić information content (AvgIpc) is 2.28.